The summed E-state index contributed by atoms with van der Waals surface area (Å²) in [6, 6.07) is 0. The SMILES string of the molecule is O=C(O)C1(C(=O)O)CCCC(CCO)(CCO)C1(CCO)C(=O)O. The van der Waals surface area contributed by atoms with Crippen molar-refractivity contribution < 1.29 is 45.0 Å². The van der Waals surface area contributed by atoms with Crippen LogP contribution in [-0.4, -0.2) is 68.4 Å². The molecule has 0 saturated heterocycles. The Hall–Kier alpha value is -1.71. The first-order valence-corrected chi connectivity index (χ1v) is 7.75. The molecule has 0 bridgehead atoms. The molecule has 1 saturated carbocycles. The van der Waals surface area contributed by atoms with Gasteiger partial charge in [0.15, 0.2) is 5.41 Å². The molecule has 1 rings (SSSR count). The van der Waals surface area contributed by atoms with Gasteiger partial charge in [-0.2, -0.15) is 0 Å². The van der Waals surface area contributed by atoms with Gasteiger partial charge in [-0.15, -0.1) is 0 Å². The molecule has 0 radical (unpaired) electrons. The van der Waals surface area contributed by atoms with Crippen LogP contribution in [-0.2, 0) is 14.4 Å². The van der Waals surface area contributed by atoms with E-state index < -0.39 is 66.8 Å². The quantitative estimate of drug-likeness (QED) is 0.301. The molecule has 0 heterocycles. The Kier molecular flexibility index (Phi) is 6.32. The number of carboxylic acid groups (broad SMARTS) is 3. The fraction of sp³-hybridized carbons (Fsp3) is 0.800. The summed E-state index contributed by atoms with van der Waals surface area (Å²) in [5.74, 6) is -5.22. The zero-order chi connectivity index (χ0) is 18.6. The molecule has 0 aliphatic heterocycles. The molecule has 9 nitrogen and oxygen atoms in total. The predicted molar refractivity (Wildman–Crippen MR) is 79.2 cm³/mol. The Morgan fingerprint density at radius 1 is 0.708 bits per heavy atom. The maximum atomic E-state index is 12.3. The number of aliphatic hydroxyl groups excluding tert-OH is 3. The summed E-state index contributed by atoms with van der Waals surface area (Å²) in [6.07, 6.45) is -1.09. The molecule has 24 heavy (non-hydrogen) atoms. The average Bonchev–Trinajstić information content (AvgIpc) is 2.48. The van der Waals surface area contributed by atoms with Crippen LogP contribution in [0.5, 0.6) is 0 Å². The molecule has 0 amide bonds. The van der Waals surface area contributed by atoms with Crippen molar-refractivity contribution in [3.63, 3.8) is 0 Å². The highest BCUT2D eigenvalue weighted by atomic mass is 16.4. The lowest BCUT2D eigenvalue weighted by atomic mass is 9.42. The first-order valence-electron chi connectivity index (χ1n) is 7.75. The fourth-order valence-corrected chi connectivity index (χ4v) is 4.63. The van der Waals surface area contributed by atoms with Crippen LogP contribution in [0, 0.1) is 16.2 Å². The van der Waals surface area contributed by atoms with Crippen LogP contribution in [0.4, 0.5) is 0 Å². The minimum atomic E-state index is -2.65. The highest BCUT2D eigenvalue weighted by Crippen LogP contribution is 2.65. The molecule has 1 aliphatic carbocycles. The molecular formula is C15H24O9. The molecule has 1 fully saturated rings. The number of aliphatic carboxylic acids is 3. The first-order chi connectivity index (χ1) is 11.2. The molecule has 0 aromatic heterocycles. The van der Waals surface area contributed by atoms with E-state index in [2.05, 4.69) is 0 Å². The van der Waals surface area contributed by atoms with Crippen LogP contribution in [0.2, 0.25) is 0 Å². The van der Waals surface area contributed by atoms with Crippen molar-refractivity contribution in [1.82, 2.24) is 0 Å². The van der Waals surface area contributed by atoms with Gasteiger partial charge in [-0.1, -0.05) is 6.42 Å². The van der Waals surface area contributed by atoms with E-state index >= 15 is 0 Å². The van der Waals surface area contributed by atoms with E-state index in [4.69, 9.17) is 0 Å². The maximum absolute atomic E-state index is 12.3. The van der Waals surface area contributed by atoms with E-state index in [9.17, 15) is 45.0 Å². The molecule has 1 aliphatic rings. The van der Waals surface area contributed by atoms with Crippen LogP contribution in [0.25, 0.3) is 0 Å². The number of hydrogen-bond acceptors (Lipinski definition) is 6. The summed E-state index contributed by atoms with van der Waals surface area (Å²) >= 11 is 0. The van der Waals surface area contributed by atoms with Crippen LogP contribution >= 0.6 is 0 Å². The largest absolute Gasteiger partial charge is 0.481 e. The molecule has 0 aromatic rings. The minimum Gasteiger partial charge on any atom is -0.481 e. The zero-order valence-electron chi connectivity index (χ0n) is 13.3. The lowest BCUT2D eigenvalue weighted by Crippen LogP contribution is -2.67. The highest BCUT2D eigenvalue weighted by molar-refractivity contribution is 6.04. The van der Waals surface area contributed by atoms with Crippen molar-refractivity contribution in [2.75, 3.05) is 19.8 Å². The summed E-state index contributed by atoms with van der Waals surface area (Å²) in [7, 11) is 0. The van der Waals surface area contributed by atoms with Crippen LogP contribution in [0.1, 0.15) is 38.5 Å². The van der Waals surface area contributed by atoms with Gasteiger partial charge in [0.1, 0.15) is 5.41 Å². The number of hydrogen-bond donors (Lipinski definition) is 6. The van der Waals surface area contributed by atoms with Gasteiger partial charge in [-0.25, -0.2) is 0 Å². The van der Waals surface area contributed by atoms with Crippen LogP contribution < -0.4 is 0 Å². The average molecular weight is 348 g/mol. The Balaban J connectivity index is 3.86. The van der Waals surface area contributed by atoms with E-state index in [1.54, 1.807) is 0 Å². The third-order valence-corrected chi connectivity index (χ3v) is 5.60. The minimum absolute atomic E-state index is 0.124. The van der Waals surface area contributed by atoms with Crippen LogP contribution in [0.3, 0.4) is 0 Å². The molecule has 6 N–H and O–H groups in total. The topological polar surface area (TPSA) is 173 Å². The lowest BCUT2D eigenvalue weighted by molar-refractivity contribution is -0.217. The first kappa shape index (κ1) is 20.3. The Bertz CT molecular complexity index is 476. The molecule has 0 aromatic carbocycles. The van der Waals surface area contributed by atoms with E-state index in [-0.39, 0.29) is 25.7 Å². The lowest BCUT2D eigenvalue weighted by Gasteiger charge is -2.57. The third kappa shape index (κ3) is 2.56. The third-order valence-electron chi connectivity index (χ3n) is 5.60. The summed E-state index contributed by atoms with van der Waals surface area (Å²) < 4.78 is 0. The van der Waals surface area contributed by atoms with Gasteiger partial charge in [0, 0.05) is 19.8 Å². The van der Waals surface area contributed by atoms with Gasteiger partial charge in [-0.3, -0.25) is 14.4 Å². The predicted octanol–water partition coefficient (Wildman–Crippen LogP) is -0.470. The smallest absolute Gasteiger partial charge is 0.322 e. The van der Waals surface area contributed by atoms with Crippen molar-refractivity contribution in [2.24, 2.45) is 16.2 Å². The maximum Gasteiger partial charge on any atom is 0.322 e. The summed E-state index contributed by atoms with van der Waals surface area (Å²) in [4.78, 5) is 36.2. The number of carboxylic acids is 3. The van der Waals surface area contributed by atoms with Gasteiger partial charge in [0.25, 0.3) is 0 Å². The van der Waals surface area contributed by atoms with E-state index in [0.29, 0.717) is 0 Å². The van der Waals surface area contributed by atoms with Crippen LogP contribution in [0.15, 0.2) is 0 Å². The van der Waals surface area contributed by atoms with Gasteiger partial charge < -0.3 is 30.6 Å². The standard InChI is InChI=1S/C15H24O9/c16-7-4-13(5-8-17)2-1-3-14(10(19)20,11(21)22)15(13,6-9-18)12(23)24/h16-18H,1-9H2,(H,19,20)(H,21,22)(H,23,24). The normalized spacial score (nSPS) is 25.1. The molecule has 138 valence electrons. The Labute approximate surface area is 138 Å². The molecule has 9 heteroatoms. The molecule has 0 spiro atoms. The molecule has 1 atom stereocenters. The summed E-state index contributed by atoms with van der Waals surface area (Å²) in [5, 5.41) is 57.6. The second-order valence-corrected chi connectivity index (χ2v) is 6.28. The van der Waals surface area contributed by atoms with Crippen molar-refractivity contribution in [2.45, 2.75) is 38.5 Å². The van der Waals surface area contributed by atoms with E-state index in [1.807, 2.05) is 0 Å². The summed E-state index contributed by atoms with van der Waals surface area (Å²) in [5.41, 5.74) is -6.46. The van der Waals surface area contributed by atoms with Gasteiger partial charge >= 0.3 is 17.9 Å². The van der Waals surface area contributed by atoms with E-state index in [0.717, 1.165) is 0 Å². The highest BCUT2D eigenvalue weighted by Gasteiger charge is 2.74. The van der Waals surface area contributed by atoms with Gasteiger partial charge in [0.2, 0.25) is 0 Å². The molecule has 1 unspecified atom stereocenters. The molecular weight excluding hydrogens is 324 g/mol. The van der Waals surface area contributed by atoms with Crippen molar-refractivity contribution in [3.8, 4) is 0 Å². The summed E-state index contributed by atoms with van der Waals surface area (Å²) in [6.45, 7) is -1.71. The monoisotopic (exact) mass is 348 g/mol. The van der Waals surface area contributed by atoms with E-state index in [1.165, 1.54) is 0 Å². The number of carbonyl (C=O) groups is 3. The van der Waals surface area contributed by atoms with Crippen molar-refractivity contribution >= 4 is 17.9 Å². The van der Waals surface area contributed by atoms with Gasteiger partial charge in [-0.05, 0) is 37.5 Å². The second-order valence-electron chi connectivity index (χ2n) is 6.28. The fourth-order valence-electron chi connectivity index (χ4n) is 4.63. The number of rotatable bonds is 9. The number of aliphatic hydroxyl groups is 3. The Morgan fingerprint density at radius 3 is 1.50 bits per heavy atom. The Morgan fingerprint density at radius 2 is 1.17 bits per heavy atom. The van der Waals surface area contributed by atoms with Crippen molar-refractivity contribution in [3.05, 3.63) is 0 Å². The van der Waals surface area contributed by atoms with Crippen molar-refractivity contribution in [1.29, 1.82) is 0 Å². The zero-order valence-corrected chi connectivity index (χ0v) is 13.3. The van der Waals surface area contributed by atoms with Gasteiger partial charge in [0.05, 0.1) is 0 Å². The second kappa shape index (κ2) is 7.45.